The SMILES string of the molecule is C=C(C)C(=O)OCCOc1ccc(C(C)(C)c2ccc(OCCOC(=O)C(=C)C)c(Br)c2)cc1Br. The Kier molecular flexibility index (Phi) is 10.6. The zero-order valence-electron chi connectivity index (χ0n) is 20.4. The van der Waals surface area contributed by atoms with Crippen LogP contribution in [0.1, 0.15) is 38.8 Å². The van der Waals surface area contributed by atoms with Crippen molar-refractivity contribution in [1.29, 1.82) is 0 Å². The van der Waals surface area contributed by atoms with Crippen molar-refractivity contribution >= 4 is 43.8 Å². The van der Waals surface area contributed by atoms with Gasteiger partial charge in [-0.25, -0.2) is 9.59 Å². The molecule has 0 fully saturated rings. The molecule has 6 nitrogen and oxygen atoms in total. The molecule has 2 rings (SSSR count). The molecule has 8 heteroatoms. The summed E-state index contributed by atoms with van der Waals surface area (Å²) in [5, 5.41) is 0. The summed E-state index contributed by atoms with van der Waals surface area (Å²) < 4.78 is 23.2. The van der Waals surface area contributed by atoms with Gasteiger partial charge in [-0.05, 0) is 81.1 Å². The molecule has 0 N–H and O–H groups in total. The van der Waals surface area contributed by atoms with Gasteiger partial charge in [-0.2, -0.15) is 0 Å². The first kappa shape index (κ1) is 28.7. The highest BCUT2D eigenvalue weighted by atomic mass is 79.9. The Bertz CT molecular complexity index is 1020. The Balaban J connectivity index is 2.01. The average Bonchev–Trinajstić information content (AvgIpc) is 2.80. The maximum Gasteiger partial charge on any atom is 0.333 e. The topological polar surface area (TPSA) is 71.1 Å². The lowest BCUT2D eigenvalue weighted by atomic mass is 9.78. The summed E-state index contributed by atoms with van der Waals surface area (Å²) >= 11 is 7.16. The molecule has 2 aromatic rings. The van der Waals surface area contributed by atoms with Crippen LogP contribution in [-0.4, -0.2) is 38.4 Å². The van der Waals surface area contributed by atoms with Gasteiger partial charge in [0.1, 0.15) is 37.9 Å². The minimum absolute atomic E-state index is 0.143. The van der Waals surface area contributed by atoms with Gasteiger partial charge in [0.25, 0.3) is 0 Å². The summed E-state index contributed by atoms with van der Waals surface area (Å²) in [5.74, 6) is 0.457. The van der Waals surface area contributed by atoms with Gasteiger partial charge < -0.3 is 18.9 Å². The van der Waals surface area contributed by atoms with Gasteiger partial charge in [-0.3, -0.25) is 0 Å². The third-order valence-electron chi connectivity index (χ3n) is 5.15. The van der Waals surface area contributed by atoms with Crippen LogP contribution in [0.4, 0.5) is 0 Å². The van der Waals surface area contributed by atoms with E-state index < -0.39 is 11.9 Å². The lowest BCUT2D eigenvalue weighted by Crippen LogP contribution is -2.19. The van der Waals surface area contributed by atoms with Crippen LogP contribution in [0.5, 0.6) is 11.5 Å². The van der Waals surface area contributed by atoms with E-state index in [0.29, 0.717) is 22.6 Å². The molecule has 0 amide bonds. The number of hydrogen-bond donors (Lipinski definition) is 0. The summed E-state index contributed by atoms with van der Waals surface area (Å²) in [4.78, 5) is 22.9. The molecule has 0 saturated heterocycles. The van der Waals surface area contributed by atoms with Crippen LogP contribution in [0.25, 0.3) is 0 Å². The van der Waals surface area contributed by atoms with E-state index in [1.807, 2.05) is 36.4 Å². The van der Waals surface area contributed by atoms with Gasteiger partial charge in [-0.15, -0.1) is 0 Å². The van der Waals surface area contributed by atoms with E-state index in [1.165, 1.54) is 0 Å². The number of carbonyl (C=O) groups is 2. The molecule has 0 aliphatic heterocycles. The Hall–Kier alpha value is -2.58. The highest BCUT2D eigenvalue weighted by Crippen LogP contribution is 2.38. The van der Waals surface area contributed by atoms with Crippen LogP contribution in [0.15, 0.2) is 69.6 Å². The number of hydrogen-bond acceptors (Lipinski definition) is 6. The maximum absolute atomic E-state index is 11.4. The second-order valence-corrected chi connectivity index (χ2v) is 10.2. The summed E-state index contributed by atoms with van der Waals surface area (Å²) in [6, 6.07) is 11.8. The molecular weight excluding hydrogens is 580 g/mol. The van der Waals surface area contributed by atoms with E-state index in [0.717, 1.165) is 20.1 Å². The molecule has 0 aromatic heterocycles. The molecular formula is C27H30Br2O6. The summed E-state index contributed by atoms with van der Waals surface area (Å²) in [5.41, 5.74) is 2.56. The largest absolute Gasteiger partial charge is 0.489 e. The number of rotatable bonds is 12. The van der Waals surface area contributed by atoms with E-state index in [4.69, 9.17) is 18.9 Å². The first-order chi connectivity index (χ1) is 16.4. The van der Waals surface area contributed by atoms with Gasteiger partial charge in [-0.1, -0.05) is 39.1 Å². The van der Waals surface area contributed by atoms with E-state index in [-0.39, 0.29) is 31.8 Å². The Morgan fingerprint density at radius 3 is 1.43 bits per heavy atom. The van der Waals surface area contributed by atoms with Crippen molar-refractivity contribution in [3.8, 4) is 11.5 Å². The molecule has 0 unspecified atom stereocenters. The van der Waals surface area contributed by atoms with Gasteiger partial charge in [0, 0.05) is 16.6 Å². The van der Waals surface area contributed by atoms with Crippen molar-refractivity contribution in [2.75, 3.05) is 26.4 Å². The molecule has 0 spiro atoms. The molecule has 35 heavy (non-hydrogen) atoms. The van der Waals surface area contributed by atoms with Gasteiger partial charge >= 0.3 is 11.9 Å². The lowest BCUT2D eigenvalue weighted by Gasteiger charge is -2.27. The summed E-state index contributed by atoms with van der Waals surface area (Å²) in [6.45, 7) is 15.3. The summed E-state index contributed by atoms with van der Waals surface area (Å²) in [7, 11) is 0. The Morgan fingerprint density at radius 1 is 0.743 bits per heavy atom. The molecule has 0 aliphatic carbocycles. The Labute approximate surface area is 223 Å². The molecule has 188 valence electrons. The van der Waals surface area contributed by atoms with Crippen molar-refractivity contribution < 1.29 is 28.5 Å². The highest BCUT2D eigenvalue weighted by molar-refractivity contribution is 9.10. The lowest BCUT2D eigenvalue weighted by molar-refractivity contribution is -0.140. The monoisotopic (exact) mass is 608 g/mol. The van der Waals surface area contributed by atoms with Crippen LogP contribution < -0.4 is 9.47 Å². The fraction of sp³-hybridized carbons (Fsp3) is 0.333. The van der Waals surface area contributed by atoms with Crippen molar-refractivity contribution in [3.63, 3.8) is 0 Å². The van der Waals surface area contributed by atoms with Crippen molar-refractivity contribution in [3.05, 3.63) is 80.8 Å². The van der Waals surface area contributed by atoms with Gasteiger partial charge in [0.05, 0.1) is 8.95 Å². The molecule has 0 aliphatic rings. The number of ether oxygens (including phenoxy) is 4. The van der Waals surface area contributed by atoms with E-state index in [1.54, 1.807) is 13.8 Å². The zero-order valence-corrected chi connectivity index (χ0v) is 23.6. The standard InChI is InChI=1S/C27H30Br2O6/c1-17(2)25(30)34-13-11-32-23-9-7-19(15-21(23)28)27(5,6)20-8-10-24(22(29)16-20)33-12-14-35-26(31)18(3)4/h7-10,15-16H,1,3,11-14H2,2,4-6H3. The average molecular weight is 610 g/mol. The van der Waals surface area contributed by atoms with Crippen LogP contribution in [0.2, 0.25) is 0 Å². The number of halogens is 2. The zero-order chi connectivity index (χ0) is 26.2. The molecule has 0 heterocycles. The highest BCUT2D eigenvalue weighted by Gasteiger charge is 2.25. The minimum Gasteiger partial charge on any atom is -0.489 e. The van der Waals surface area contributed by atoms with Crippen molar-refractivity contribution in [2.45, 2.75) is 33.1 Å². The molecule has 0 atom stereocenters. The smallest absolute Gasteiger partial charge is 0.333 e. The first-order valence-corrected chi connectivity index (χ1v) is 12.5. The van der Waals surface area contributed by atoms with E-state index in [9.17, 15) is 9.59 Å². The van der Waals surface area contributed by atoms with E-state index in [2.05, 4.69) is 58.9 Å². The Morgan fingerprint density at radius 2 is 1.11 bits per heavy atom. The minimum atomic E-state index is -0.432. The third kappa shape index (κ3) is 8.25. The third-order valence-corrected chi connectivity index (χ3v) is 6.39. The predicted octanol–water partition coefficient (Wildman–Crippen LogP) is 6.53. The predicted molar refractivity (Wildman–Crippen MR) is 143 cm³/mol. The van der Waals surface area contributed by atoms with Crippen LogP contribution >= 0.6 is 31.9 Å². The fourth-order valence-corrected chi connectivity index (χ4v) is 3.98. The quantitative estimate of drug-likeness (QED) is 0.155. The van der Waals surface area contributed by atoms with Crippen LogP contribution in [0, 0.1) is 0 Å². The number of benzene rings is 2. The summed E-state index contributed by atoms with van der Waals surface area (Å²) in [6.07, 6.45) is 0. The molecule has 0 saturated carbocycles. The fourth-order valence-electron chi connectivity index (χ4n) is 3.00. The van der Waals surface area contributed by atoms with Gasteiger partial charge in [0.2, 0.25) is 0 Å². The normalized spacial score (nSPS) is 10.9. The van der Waals surface area contributed by atoms with Gasteiger partial charge in [0.15, 0.2) is 0 Å². The molecule has 0 radical (unpaired) electrons. The number of esters is 2. The van der Waals surface area contributed by atoms with E-state index >= 15 is 0 Å². The second-order valence-electron chi connectivity index (χ2n) is 8.44. The maximum atomic E-state index is 11.4. The van der Waals surface area contributed by atoms with Crippen LogP contribution in [-0.2, 0) is 24.5 Å². The van der Waals surface area contributed by atoms with Crippen molar-refractivity contribution in [1.82, 2.24) is 0 Å². The number of carbonyl (C=O) groups excluding carboxylic acids is 2. The van der Waals surface area contributed by atoms with Crippen LogP contribution in [0.3, 0.4) is 0 Å². The van der Waals surface area contributed by atoms with Crippen molar-refractivity contribution in [2.24, 2.45) is 0 Å². The first-order valence-electron chi connectivity index (χ1n) is 10.9. The second kappa shape index (κ2) is 12.9. The molecule has 0 bridgehead atoms. The molecule has 2 aromatic carbocycles.